The molecule has 1 atom stereocenters. The van der Waals surface area contributed by atoms with Crippen LogP contribution in [0.3, 0.4) is 0 Å². The zero-order valence-electron chi connectivity index (χ0n) is 17.2. The number of methoxy groups -OCH3 is 1. The minimum Gasteiger partial charge on any atom is -0.497 e. The van der Waals surface area contributed by atoms with Crippen molar-refractivity contribution in [3.63, 3.8) is 0 Å². The van der Waals surface area contributed by atoms with Crippen molar-refractivity contribution in [3.05, 3.63) is 64.5 Å². The molecule has 1 fully saturated rings. The zero-order valence-corrected chi connectivity index (χ0v) is 18.0. The number of rotatable bonds is 4. The standard InChI is InChI=1S/C24H28FNO2.ClH/c1-17-15-20(25)6-5-18(17)10-14-26-13-4-3-11-24(26)12-9-19-16-21(28-2)7-8-22(19)23(24)27;/h5-8,15-16H,3-4,9-14H2,1-2H3;1H. The molecule has 5 heteroatoms. The Hall–Kier alpha value is -1.91. The number of piperidine rings is 1. The normalized spacial score (nSPS) is 21.6. The molecule has 3 nitrogen and oxygen atoms in total. The summed E-state index contributed by atoms with van der Waals surface area (Å²) in [6, 6.07) is 10.8. The highest BCUT2D eigenvalue weighted by atomic mass is 35.5. The lowest BCUT2D eigenvalue weighted by molar-refractivity contribution is 0.0298. The number of hydrogen-bond acceptors (Lipinski definition) is 3. The van der Waals surface area contributed by atoms with Gasteiger partial charge in [-0.05, 0) is 99.0 Å². The number of likely N-dealkylation sites (tertiary alicyclic amines) is 1. The number of hydrogen-bond donors (Lipinski definition) is 0. The van der Waals surface area contributed by atoms with Gasteiger partial charge < -0.3 is 4.74 Å². The lowest BCUT2D eigenvalue weighted by atomic mass is 9.71. The molecule has 29 heavy (non-hydrogen) atoms. The molecule has 1 unspecified atom stereocenters. The molecule has 4 rings (SSSR count). The number of benzene rings is 2. The van der Waals surface area contributed by atoms with Gasteiger partial charge in [0, 0.05) is 12.1 Å². The van der Waals surface area contributed by atoms with Crippen molar-refractivity contribution in [1.82, 2.24) is 4.90 Å². The predicted molar refractivity (Wildman–Crippen MR) is 116 cm³/mol. The zero-order chi connectivity index (χ0) is 19.7. The quantitative estimate of drug-likeness (QED) is 0.688. The molecule has 0 N–H and O–H groups in total. The minimum atomic E-state index is -0.381. The molecule has 0 amide bonds. The fourth-order valence-electron chi connectivity index (χ4n) is 4.98. The molecule has 0 saturated carbocycles. The smallest absolute Gasteiger partial charge is 0.183 e. The van der Waals surface area contributed by atoms with Crippen LogP contribution in [0.1, 0.15) is 52.7 Å². The topological polar surface area (TPSA) is 29.5 Å². The molecular formula is C24H29ClFNO2. The van der Waals surface area contributed by atoms with Crippen LogP contribution in [-0.2, 0) is 12.8 Å². The third-order valence-electron chi connectivity index (χ3n) is 6.62. The van der Waals surface area contributed by atoms with E-state index in [1.54, 1.807) is 13.2 Å². The molecule has 0 aromatic heterocycles. The summed E-state index contributed by atoms with van der Waals surface area (Å²) in [7, 11) is 1.66. The van der Waals surface area contributed by atoms with Gasteiger partial charge in [-0.1, -0.05) is 6.07 Å². The Morgan fingerprint density at radius 2 is 1.97 bits per heavy atom. The van der Waals surface area contributed by atoms with E-state index in [0.29, 0.717) is 0 Å². The number of carbonyl (C=O) groups excluding carboxylic acids is 1. The maximum atomic E-state index is 13.6. The van der Waals surface area contributed by atoms with Gasteiger partial charge in [-0.15, -0.1) is 12.4 Å². The molecule has 0 radical (unpaired) electrons. The highest BCUT2D eigenvalue weighted by Gasteiger charge is 2.47. The second-order valence-electron chi connectivity index (χ2n) is 8.15. The van der Waals surface area contributed by atoms with Gasteiger partial charge in [0.05, 0.1) is 12.6 Å². The predicted octanol–water partition coefficient (Wildman–Crippen LogP) is 5.16. The van der Waals surface area contributed by atoms with Crippen molar-refractivity contribution in [2.24, 2.45) is 0 Å². The SMILES string of the molecule is COc1ccc2c(c1)CCC1(CCCCN1CCc1ccc(F)cc1C)C2=O.Cl. The van der Waals surface area contributed by atoms with Gasteiger partial charge in [0.1, 0.15) is 11.6 Å². The van der Waals surface area contributed by atoms with Crippen molar-refractivity contribution in [2.45, 2.75) is 51.0 Å². The van der Waals surface area contributed by atoms with E-state index < -0.39 is 0 Å². The first kappa shape index (κ1) is 21.8. The minimum absolute atomic E-state index is 0. The molecule has 1 spiro atoms. The highest BCUT2D eigenvalue weighted by molar-refractivity contribution is 6.05. The number of Topliss-reactive ketones (excluding diaryl/α,β-unsaturated/α-hetero) is 1. The van der Waals surface area contributed by atoms with Gasteiger partial charge in [0.15, 0.2) is 5.78 Å². The Morgan fingerprint density at radius 1 is 1.14 bits per heavy atom. The maximum Gasteiger partial charge on any atom is 0.183 e. The van der Waals surface area contributed by atoms with Gasteiger partial charge in [-0.25, -0.2) is 4.39 Å². The summed E-state index contributed by atoms with van der Waals surface area (Å²) in [5.41, 5.74) is 3.73. The van der Waals surface area contributed by atoms with Crippen LogP contribution in [0.2, 0.25) is 0 Å². The Balaban J connectivity index is 0.00000240. The summed E-state index contributed by atoms with van der Waals surface area (Å²) in [5, 5.41) is 0. The van der Waals surface area contributed by atoms with Crippen LogP contribution in [0, 0.1) is 12.7 Å². The fourth-order valence-corrected chi connectivity index (χ4v) is 4.98. The number of fused-ring (bicyclic) bond motifs is 1. The van der Waals surface area contributed by atoms with E-state index in [2.05, 4.69) is 4.90 Å². The van der Waals surface area contributed by atoms with Gasteiger partial charge in [-0.3, -0.25) is 9.69 Å². The van der Waals surface area contributed by atoms with Crippen molar-refractivity contribution >= 4 is 18.2 Å². The summed E-state index contributed by atoms with van der Waals surface area (Å²) < 4.78 is 18.7. The average molecular weight is 418 g/mol. The van der Waals surface area contributed by atoms with E-state index in [1.807, 2.05) is 31.2 Å². The van der Waals surface area contributed by atoms with Crippen molar-refractivity contribution < 1.29 is 13.9 Å². The van der Waals surface area contributed by atoms with Gasteiger partial charge >= 0.3 is 0 Å². The van der Waals surface area contributed by atoms with Crippen LogP contribution in [0.15, 0.2) is 36.4 Å². The second kappa shape index (κ2) is 8.85. The molecule has 0 bridgehead atoms. The molecule has 156 valence electrons. The Labute approximate surface area is 178 Å². The number of halogens is 2. The highest BCUT2D eigenvalue weighted by Crippen LogP contribution is 2.40. The van der Waals surface area contributed by atoms with Crippen LogP contribution in [-0.4, -0.2) is 36.4 Å². The third kappa shape index (κ3) is 4.06. The number of aryl methyl sites for hydroxylation is 2. The van der Waals surface area contributed by atoms with Gasteiger partial charge in [0.25, 0.3) is 0 Å². The third-order valence-corrected chi connectivity index (χ3v) is 6.62. The molecular weight excluding hydrogens is 389 g/mol. The van der Waals surface area contributed by atoms with E-state index in [9.17, 15) is 9.18 Å². The number of ketones is 1. The van der Waals surface area contributed by atoms with Crippen molar-refractivity contribution in [2.75, 3.05) is 20.2 Å². The number of carbonyl (C=O) groups is 1. The van der Waals surface area contributed by atoms with Gasteiger partial charge in [-0.2, -0.15) is 0 Å². The number of nitrogens with zero attached hydrogens (tertiary/aromatic N) is 1. The van der Waals surface area contributed by atoms with E-state index >= 15 is 0 Å². The van der Waals surface area contributed by atoms with E-state index in [1.165, 1.54) is 6.07 Å². The molecule has 1 aliphatic carbocycles. The summed E-state index contributed by atoms with van der Waals surface area (Å²) in [6.07, 6.45) is 5.78. The van der Waals surface area contributed by atoms with Crippen LogP contribution in [0.5, 0.6) is 5.75 Å². The molecule has 1 aliphatic heterocycles. The lowest BCUT2D eigenvalue weighted by Gasteiger charge is -2.48. The maximum absolute atomic E-state index is 13.6. The Kier molecular flexibility index (Phi) is 6.65. The van der Waals surface area contributed by atoms with Crippen LogP contribution >= 0.6 is 12.4 Å². The average Bonchev–Trinajstić information content (AvgIpc) is 2.71. The first-order chi connectivity index (χ1) is 13.5. The summed E-state index contributed by atoms with van der Waals surface area (Å²) in [5.74, 6) is 0.895. The Morgan fingerprint density at radius 3 is 2.72 bits per heavy atom. The van der Waals surface area contributed by atoms with Crippen LogP contribution < -0.4 is 4.74 Å². The lowest BCUT2D eigenvalue weighted by Crippen LogP contribution is -2.59. The molecule has 1 heterocycles. The fraction of sp³-hybridized carbons (Fsp3) is 0.458. The summed E-state index contributed by atoms with van der Waals surface area (Å²) in [4.78, 5) is 16.0. The van der Waals surface area contributed by atoms with Crippen molar-refractivity contribution in [3.8, 4) is 5.75 Å². The second-order valence-corrected chi connectivity index (χ2v) is 8.15. The molecule has 1 saturated heterocycles. The molecule has 2 aromatic carbocycles. The number of ether oxygens (including phenoxy) is 1. The summed E-state index contributed by atoms with van der Waals surface area (Å²) in [6.45, 7) is 3.75. The summed E-state index contributed by atoms with van der Waals surface area (Å²) >= 11 is 0. The van der Waals surface area contributed by atoms with E-state index in [4.69, 9.17) is 4.74 Å². The molecule has 2 aromatic rings. The van der Waals surface area contributed by atoms with Crippen LogP contribution in [0.25, 0.3) is 0 Å². The first-order valence-corrected chi connectivity index (χ1v) is 10.3. The van der Waals surface area contributed by atoms with Crippen molar-refractivity contribution in [1.29, 1.82) is 0 Å². The van der Waals surface area contributed by atoms with Gasteiger partial charge in [0.2, 0.25) is 0 Å². The van der Waals surface area contributed by atoms with Crippen LogP contribution in [0.4, 0.5) is 4.39 Å². The van der Waals surface area contributed by atoms with E-state index in [0.717, 1.165) is 79.6 Å². The van der Waals surface area contributed by atoms with E-state index in [-0.39, 0.29) is 29.5 Å². The Bertz CT molecular complexity index is 900. The first-order valence-electron chi connectivity index (χ1n) is 10.3. The molecule has 2 aliphatic rings. The largest absolute Gasteiger partial charge is 0.497 e. The monoisotopic (exact) mass is 417 g/mol.